The van der Waals surface area contributed by atoms with Gasteiger partial charge in [0.15, 0.2) is 0 Å². The molecule has 3 unspecified atom stereocenters. The molecule has 0 radical (unpaired) electrons. The lowest BCUT2D eigenvalue weighted by molar-refractivity contribution is 0.289. The Hall–Kier alpha value is -3.33. The van der Waals surface area contributed by atoms with Crippen LogP contribution in [0.2, 0.25) is 0 Å². The van der Waals surface area contributed by atoms with Gasteiger partial charge in [-0.05, 0) is 34.9 Å². The van der Waals surface area contributed by atoms with Gasteiger partial charge in [-0.1, -0.05) is 105 Å². The molecule has 4 aromatic carbocycles. The predicted molar refractivity (Wildman–Crippen MR) is 132 cm³/mol. The van der Waals surface area contributed by atoms with Crippen molar-refractivity contribution in [2.45, 2.75) is 25.7 Å². The first-order valence-corrected chi connectivity index (χ1v) is 12.4. The van der Waals surface area contributed by atoms with Crippen molar-refractivity contribution in [3.8, 4) is 11.5 Å². The van der Waals surface area contributed by atoms with Gasteiger partial charge < -0.3 is 9.05 Å². The number of hydrogen-bond donors (Lipinski definition) is 1. The first kappa shape index (κ1) is 22.8. The maximum atomic E-state index is 12.9. The predicted octanol–water partition coefficient (Wildman–Crippen LogP) is 7.55. The van der Waals surface area contributed by atoms with Gasteiger partial charge in [0.2, 0.25) is 0 Å². The van der Waals surface area contributed by atoms with Crippen LogP contribution >= 0.6 is 7.82 Å². The molecule has 0 amide bonds. The molecular weight excluding hydrogens is 431 g/mol. The van der Waals surface area contributed by atoms with E-state index < -0.39 is 7.82 Å². The van der Waals surface area contributed by atoms with Crippen LogP contribution in [0.25, 0.3) is 0 Å². The van der Waals surface area contributed by atoms with Crippen molar-refractivity contribution >= 4 is 7.82 Å². The molecule has 4 aromatic rings. The number of rotatable bonds is 8. The highest BCUT2D eigenvalue weighted by Crippen LogP contribution is 2.48. The number of hydrogen-bond acceptors (Lipinski definition) is 3. The lowest BCUT2D eigenvalue weighted by Gasteiger charge is -2.25. The first-order chi connectivity index (χ1) is 15.9. The molecule has 0 aliphatic heterocycles. The summed E-state index contributed by atoms with van der Waals surface area (Å²) in [5, 5.41) is 0. The number of para-hydroxylation sites is 1. The highest BCUT2D eigenvalue weighted by atomic mass is 31.2. The normalized spacial score (nSPS) is 14.6. The Morgan fingerprint density at radius 1 is 0.636 bits per heavy atom. The van der Waals surface area contributed by atoms with Crippen molar-refractivity contribution in [3.63, 3.8) is 0 Å². The van der Waals surface area contributed by atoms with Crippen molar-refractivity contribution in [3.05, 3.63) is 131 Å². The molecule has 0 aliphatic carbocycles. The molecule has 33 heavy (non-hydrogen) atoms. The van der Waals surface area contributed by atoms with E-state index in [9.17, 15) is 9.46 Å². The van der Waals surface area contributed by atoms with E-state index in [0.717, 1.165) is 22.3 Å². The van der Waals surface area contributed by atoms with Crippen molar-refractivity contribution in [1.82, 2.24) is 0 Å². The fourth-order valence-electron chi connectivity index (χ4n) is 4.07. The number of phosphoric acid groups is 1. The molecule has 4 nitrogen and oxygen atoms in total. The SMILES string of the molecule is CC(c1ccccc1)c1cccc(OP(=O)(O)Oc2ccccc2)c1C(C)c1ccccc1. The summed E-state index contributed by atoms with van der Waals surface area (Å²) in [6.07, 6.45) is 0. The Morgan fingerprint density at radius 2 is 1.15 bits per heavy atom. The van der Waals surface area contributed by atoms with Crippen molar-refractivity contribution in [1.29, 1.82) is 0 Å². The molecule has 0 spiro atoms. The summed E-state index contributed by atoms with van der Waals surface area (Å²) in [6, 6.07) is 34.4. The summed E-state index contributed by atoms with van der Waals surface area (Å²) in [7, 11) is -4.42. The van der Waals surface area contributed by atoms with Gasteiger partial charge in [0.05, 0.1) is 0 Å². The van der Waals surface area contributed by atoms with Crippen LogP contribution in [0, 0.1) is 0 Å². The Bertz CT molecular complexity index is 1230. The molecule has 0 fully saturated rings. The van der Waals surface area contributed by atoms with Gasteiger partial charge in [-0.25, -0.2) is 4.57 Å². The van der Waals surface area contributed by atoms with E-state index in [2.05, 4.69) is 44.2 Å². The van der Waals surface area contributed by atoms with E-state index in [1.165, 1.54) is 0 Å². The summed E-state index contributed by atoms with van der Waals surface area (Å²) < 4.78 is 23.9. The fourth-order valence-corrected chi connectivity index (χ4v) is 4.90. The quantitative estimate of drug-likeness (QED) is 0.277. The Labute approximate surface area is 195 Å². The molecule has 3 atom stereocenters. The zero-order valence-corrected chi connectivity index (χ0v) is 19.6. The third kappa shape index (κ3) is 5.54. The third-order valence-corrected chi connectivity index (χ3v) is 6.65. The monoisotopic (exact) mass is 458 g/mol. The standard InChI is InChI=1S/C28H27O4P/c1-21(23-13-6-3-7-14-23)26-19-12-20-27(28(26)22(2)24-15-8-4-9-16-24)32-33(29,30)31-25-17-10-5-11-18-25/h3-22H,1-2H3,(H,29,30). The van der Waals surface area contributed by atoms with Gasteiger partial charge in [0.25, 0.3) is 0 Å². The molecule has 0 aliphatic rings. The molecule has 0 saturated heterocycles. The smallest absolute Gasteiger partial charge is 0.395 e. The van der Waals surface area contributed by atoms with Crippen molar-refractivity contribution in [2.75, 3.05) is 0 Å². The molecule has 0 heterocycles. The van der Waals surface area contributed by atoms with Crippen LogP contribution in [0.5, 0.6) is 11.5 Å². The lowest BCUT2D eigenvalue weighted by atomic mass is 9.82. The van der Waals surface area contributed by atoms with Gasteiger partial charge in [-0.15, -0.1) is 0 Å². The second-order valence-electron chi connectivity index (χ2n) is 7.99. The van der Waals surface area contributed by atoms with Crippen LogP contribution in [0.4, 0.5) is 0 Å². The van der Waals surface area contributed by atoms with Crippen LogP contribution in [0.15, 0.2) is 109 Å². The molecule has 0 aromatic heterocycles. The molecule has 0 bridgehead atoms. The zero-order valence-electron chi connectivity index (χ0n) is 18.7. The second kappa shape index (κ2) is 10.1. The van der Waals surface area contributed by atoms with Gasteiger partial charge in [-0.3, -0.25) is 4.89 Å². The number of benzene rings is 4. The lowest BCUT2D eigenvalue weighted by Crippen LogP contribution is -2.09. The third-order valence-electron chi connectivity index (χ3n) is 5.78. The average molecular weight is 458 g/mol. The molecule has 5 heteroatoms. The fraction of sp³-hybridized carbons (Fsp3) is 0.143. The maximum Gasteiger partial charge on any atom is 0.584 e. The van der Waals surface area contributed by atoms with E-state index in [-0.39, 0.29) is 17.6 Å². The second-order valence-corrected chi connectivity index (χ2v) is 9.29. The molecular formula is C28H27O4P. The van der Waals surface area contributed by atoms with Gasteiger partial charge >= 0.3 is 7.82 Å². The number of phosphoric ester groups is 1. The zero-order chi connectivity index (χ0) is 23.3. The maximum absolute atomic E-state index is 12.9. The van der Waals surface area contributed by atoms with Crippen LogP contribution < -0.4 is 9.05 Å². The van der Waals surface area contributed by atoms with E-state index in [1.807, 2.05) is 48.5 Å². The van der Waals surface area contributed by atoms with E-state index in [0.29, 0.717) is 5.75 Å². The van der Waals surface area contributed by atoms with Gasteiger partial charge in [0.1, 0.15) is 11.5 Å². The average Bonchev–Trinajstić information content (AvgIpc) is 2.84. The summed E-state index contributed by atoms with van der Waals surface area (Å²) in [5.74, 6) is 0.604. The van der Waals surface area contributed by atoms with E-state index in [4.69, 9.17) is 9.05 Å². The minimum atomic E-state index is -4.42. The highest BCUT2D eigenvalue weighted by molar-refractivity contribution is 7.48. The summed E-state index contributed by atoms with van der Waals surface area (Å²) in [4.78, 5) is 10.6. The van der Waals surface area contributed by atoms with E-state index in [1.54, 1.807) is 30.3 Å². The van der Waals surface area contributed by atoms with E-state index >= 15 is 0 Å². The van der Waals surface area contributed by atoms with Crippen LogP contribution in [-0.4, -0.2) is 4.89 Å². The Kier molecular flexibility index (Phi) is 6.98. The minimum Gasteiger partial charge on any atom is -0.395 e. The molecule has 1 N–H and O–H groups in total. The van der Waals surface area contributed by atoms with Crippen LogP contribution in [0.3, 0.4) is 0 Å². The topological polar surface area (TPSA) is 55.8 Å². The largest absolute Gasteiger partial charge is 0.584 e. The molecule has 4 rings (SSSR count). The summed E-state index contributed by atoms with van der Waals surface area (Å²) >= 11 is 0. The highest BCUT2D eigenvalue weighted by Gasteiger charge is 2.29. The Balaban J connectivity index is 1.77. The van der Waals surface area contributed by atoms with Gasteiger partial charge in [-0.2, -0.15) is 0 Å². The summed E-state index contributed by atoms with van der Waals surface area (Å²) in [5.41, 5.74) is 4.15. The molecule has 168 valence electrons. The first-order valence-electron chi connectivity index (χ1n) is 10.9. The van der Waals surface area contributed by atoms with Crippen molar-refractivity contribution in [2.24, 2.45) is 0 Å². The summed E-state index contributed by atoms with van der Waals surface area (Å²) in [6.45, 7) is 4.22. The minimum absolute atomic E-state index is 0.0593. The molecule has 0 saturated carbocycles. The van der Waals surface area contributed by atoms with Gasteiger partial charge in [0, 0.05) is 17.4 Å². The van der Waals surface area contributed by atoms with Crippen molar-refractivity contribution < 1.29 is 18.5 Å². The Morgan fingerprint density at radius 3 is 1.73 bits per heavy atom. The van der Waals surface area contributed by atoms with Crippen LogP contribution in [-0.2, 0) is 4.57 Å². The van der Waals surface area contributed by atoms with Crippen LogP contribution in [0.1, 0.15) is 47.9 Å².